The summed E-state index contributed by atoms with van der Waals surface area (Å²) in [6, 6.07) is 0. The SMILES string of the molecule is COCCCNC(=O)C(=O)N(C=O)CCCN. The molecule has 3 amide bonds. The molecule has 0 aliphatic heterocycles. The average Bonchev–Trinajstić information content (AvgIpc) is 2.35. The van der Waals surface area contributed by atoms with Crippen LogP contribution in [0.4, 0.5) is 0 Å². The number of ether oxygens (including phenoxy) is 1. The van der Waals surface area contributed by atoms with Gasteiger partial charge in [-0.3, -0.25) is 19.3 Å². The summed E-state index contributed by atoms with van der Waals surface area (Å²) < 4.78 is 4.79. The number of nitrogens with one attached hydrogen (secondary N) is 1. The van der Waals surface area contributed by atoms with Crippen molar-refractivity contribution >= 4 is 18.2 Å². The van der Waals surface area contributed by atoms with Crippen LogP contribution in [-0.4, -0.2) is 56.5 Å². The molecule has 7 heteroatoms. The van der Waals surface area contributed by atoms with Gasteiger partial charge in [-0.25, -0.2) is 0 Å². The highest BCUT2D eigenvalue weighted by molar-refractivity contribution is 6.36. The Labute approximate surface area is 100 Å². The first-order valence-electron chi connectivity index (χ1n) is 5.40. The van der Waals surface area contributed by atoms with Crippen molar-refractivity contribution in [3.8, 4) is 0 Å². The maximum absolute atomic E-state index is 11.5. The summed E-state index contributed by atoms with van der Waals surface area (Å²) in [4.78, 5) is 34.2. The minimum atomic E-state index is -0.856. The normalized spacial score (nSPS) is 9.76. The van der Waals surface area contributed by atoms with E-state index in [4.69, 9.17) is 10.5 Å². The molecule has 0 fully saturated rings. The van der Waals surface area contributed by atoms with Crippen molar-refractivity contribution in [3.05, 3.63) is 0 Å². The van der Waals surface area contributed by atoms with Gasteiger partial charge in [0, 0.05) is 26.8 Å². The Morgan fingerprint density at radius 2 is 2.12 bits per heavy atom. The van der Waals surface area contributed by atoms with Gasteiger partial charge < -0.3 is 15.8 Å². The maximum Gasteiger partial charge on any atom is 0.318 e. The Kier molecular flexibility index (Phi) is 8.89. The van der Waals surface area contributed by atoms with Crippen molar-refractivity contribution in [2.75, 3.05) is 33.4 Å². The van der Waals surface area contributed by atoms with Crippen molar-refractivity contribution in [3.63, 3.8) is 0 Å². The lowest BCUT2D eigenvalue weighted by molar-refractivity contribution is -0.148. The Morgan fingerprint density at radius 3 is 2.65 bits per heavy atom. The summed E-state index contributed by atoms with van der Waals surface area (Å²) in [7, 11) is 1.55. The van der Waals surface area contributed by atoms with Gasteiger partial charge in [-0.2, -0.15) is 0 Å². The molecule has 0 aromatic heterocycles. The van der Waals surface area contributed by atoms with Gasteiger partial charge in [-0.15, -0.1) is 0 Å². The summed E-state index contributed by atoms with van der Waals surface area (Å²) in [5.74, 6) is -1.64. The molecular formula is C10H19N3O4. The second-order valence-corrected chi connectivity index (χ2v) is 3.35. The predicted molar refractivity (Wildman–Crippen MR) is 61.0 cm³/mol. The first-order valence-corrected chi connectivity index (χ1v) is 5.40. The molecule has 17 heavy (non-hydrogen) atoms. The molecule has 0 atom stereocenters. The van der Waals surface area contributed by atoms with Crippen LogP contribution in [0.25, 0.3) is 0 Å². The molecule has 0 bridgehead atoms. The maximum atomic E-state index is 11.5. The Bertz CT molecular complexity index is 258. The summed E-state index contributed by atoms with van der Waals surface area (Å²) in [5, 5.41) is 2.41. The van der Waals surface area contributed by atoms with Crippen molar-refractivity contribution in [2.45, 2.75) is 12.8 Å². The summed E-state index contributed by atoms with van der Waals surface area (Å²) in [5.41, 5.74) is 5.25. The van der Waals surface area contributed by atoms with E-state index in [1.165, 1.54) is 0 Å². The molecule has 0 saturated carbocycles. The third-order valence-electron chi connectivity index (χ3n) is 2.00. The number of imide groups is 1. The molecule has 98 valence electrons. The van der Waals surface area contributed by atoms with Crippen LogP contribution in [0.2, 0.25) is 0 Å². The van der Waals surface area contributed by atoms with Crippen molar-refractivity contribution in [1.82, 2.24) is 10.2 Å². The van der Waals surface area contributed by atoms with E-state index in [-0.39, 0.29) is 6.54 Å². The molecule has 0 aliphatic rings. The van der Waals surface area contributed by atoms with Crippen LogP contribution in [0, 0.1) is 0 Å². The molecule has 0 aromatic carbocycles. The van der Waals surface area contributed by atoms with Gasteiger partial charge in [-0.1, -0.05) is 0 Å². The van der Waals surface area contributed by atoms with Crippen molar-refractivity contribution in [1.29, 1.82) is 0 Å². The zero-order valence-corrected chi connectivity index (χ0v) is 9.98. The Hall–Kier alpha value is -1.47. The number of nitrogens with two attached hydrogens (primary N) is 1. The van der Waals surface area contributed by atoms with Gasteiger partial charge in [0.2, 0.25) is 6.41 Å². The second kappa shape index (κ2) is 9.73. The van der Waals surface area contributed by atoms with Crippen LogP contribution in [0.15, 0.2) is 0 Å². The zero-order chi connectivity index (χ0) is 13.1. The molecule has 0 aliphatic carbocycles. The Morgan fingerprint density at radius 1 is 1.41 bits per heavy atom. The summed E-state index contributed by atoms with van der Waals surface area (Å²) in [6.07, 6.45) is 1.42. The van der Waals surface area contributed by atoms with Crippen LogP contribution in [-0.2, 0) is 19.1 Å². The highest BCUT2D eigenvalue weighted by Gasteiger charge is 2.20. The lowest BCUT2D eigenvalue weighted by Gasteiger charge is -2.14. The van der Waals surface area contributed by atoms with E-state index in [0.29, 0.717) is 38.9 Å². The molecule has 7 nitrogen and oxygen atoms in total. The topological polar surface area (TPSA) is 102 Å². The highest BCUT2D eigenvalue weighted by atomic mass is 16.5. The molecule has 0 radical (unpaired) electrons. The lowest BCUT2D eigenvalue weighted by Crippen LogP contribution is -2.43. The van der Waals surface area contributed by atoms with Crippen LogP contribution in [0.1, 0.15) is 12.8 Å². The third-order valence-corrected chi connectivity index (χ3v) is 2.00. The van der Waals surface area contributed by atoms with Gasteiger partial charge >= 0.3 is 11.8 Å². The smallest absolute Gasteiger partial charge is 0.318 e. The first-order chi connectivity index (χ1) is 8.17. The van der Waals surface area contributed by atoms with Gasteiger partial charge in [0.15, 0.2) is 0 Å². The van der Waals surface area contributed by atoms with E-state index in [1.807, 2.05) is 0 Å². The van der Waals surface area contributed by atoms with Crippen LogP contribution in [0.5, 0.6) is 0 Å². The molecule has 0 rings (SSSR count). The number of carbonyl (C=O) groups excluding carboxylic acids is 3. The van der Waals surface area contributed by atoms with E-state index < -0.39 is 11.8 Å². The molecule has 0 unspecified atom stereocenters. The second-order valence-electron chi connectivity index (χ2n) is 3.35. The van der Waals surface area contributed by atoms with Crippen LogP contribution in [0.3, 0.4) is 0 Å². The monoisotopic (exact) mass is 245 g/mol. The van der Waals surface area contributed by atoms with E-state index >= 15 is 0 Å². The number of carbonyl (C=O) groups is 3. The van der Waals surface area contributed by atoms with E-state index in [1.54, 1.807) is 7.11 Å². The largest absolute Gasteiger partial charge is 0.385 e. The van der Waals surface area contributed by atoms with Crippen LogP contribution >= 0.6 is 0 Å². The Balaban J connectivity index is 3.99. The van der Waals surface area contributed by atoms with Gasteiger partial charge in [0.25, 0.3) is 0 Å². The number of amides is 3. The summed E-state index contributed by atoms with van der Waals surface area (Å²) >= 11 is 0. The minimum Gasteiger partial charge on any atom is -0.385 e. The van der Waals surface area contributed by atoms with E-state index in [0.717, 1.165) is 4.90 Å². The predicted octanol–water partition coefficient (Wildman–Crippen LogP) is -1.53. The molecular weight excluding hydrogens is 226 g/mol. The number of nitrogens with zero attached hydrogens (tertiary/aromatic N) is 1. The fraction of sp³-hybridized carbons (Fsp3) is 0.700. The average molecular weight is 245 g/mol. The van der Waals surface area contributed by atoms with Crippen molar-refractivity contribution in [2.24, 2.45) is 5.73 Å². The minimum absolute atomic E-state index is 0.157. The van der Waals surface area contributed by atoms with Crippen molar-refractivity contribution < 1.29 is 19.1 Å². The number of rotatable bonds is 8. The fourth-order valence-corrected chi connectivity index (χ4v) is 1.09. The van der Waals surface area contributed by atoms with E-state index in [9.17, 15) is 14.4 Å². The zero-order valence-electron chi connectivity index (χ0n) is 9.98. The van der Waals surface area contributed by atoms with Crippen LogP contribution < -0.4 is 11.1 Å². The molecule has 0 heterocycles. The summed E-state index contributed by atoms with van der Waals surface area (Å²) in [6.45, 7) is 1.35. The van der Waals surface area contributed by atoms with Gasteiger partial charge in [0.1, 0.15) is 0 Å². The highest BCUT2D eigenvalue weighted by Crippen LogP contribution is 1.89. The quantitative estimate of drug-likeness (QED) is 0.307. The molecule has 0 spiro atoms. The number of methoxy groups -OCH3 is 1. The van der Waals surface area contributed by atoms with E-state index in [2.05, 4.69) is 5.32 Å². The molecule has 3 N–H and O–H groups in total. The fourth-order valence-electron chi connectivity index (χ4n) is 1.09. The first kappa shape index (κ1) is 15.5. The third kappa shape index (κ3) is 6.64. The lowest BCUT2D eigenvalue weighted by atomic mass is 10.3. The van der Waals surface area contributed by atoms with Gasteiger partial charge in [0.05, 0.1) is 0 Å². The molecule has 0 saturated heterocycles. The molecule has 0 aromatic rings. The van der Waals surface area contributed by atoms with Gasteiger partial charge in [-0.05, 0) is 19.4 Å². The number of hydrogen-bond acceptors (Lipinski definition) is 5. The number of hydrogen-bond donors (Lipinski definition) is 2. The standard InChI is InChI=1S/C10H19N3O4/c1-17-7-3-5-12-9(15)10(16)13(8-14)6-2-4-11/h8H,2-7,11H2,1H3,(H,12,15).